The molecule has 10 nitrogen and oxygen atoms in total. The second-order valence-corrected chi connectivity index (χ2v) is 6.40. The number of anilines is 1. The number of carbonyl (C=O) groups is 1. The molecule has 1 N–H and O–H groups in total. The van der Waals surface area contributed by atoms with Gasteiger partial charge in [-0.3, -0.25) is 14.2 Å². The van der Waals surface area contributed by atoms with E-state index in [1.807, 2.05) is 0 Å². The number of nitrogens with zero attached hydrogens (tertiary/aromatic N) is 6. The number of hydrogen-bond acceptors (Lipinski definition) is 8. The number of amides is 1. The van der Waals surface area contributed by atoms with Crippen LogP contribution in [-0.2, 0) is 17.9 Å². The zero-order valence-electron chi connectivity index (χ0n) is 15.7. The van der Waals surface area contributed by atoms with Crippen molar-refractivity contribution in [2.75, 3.05) is 25.1 Å². The molecule has 3 rings (SSSR count). The number of carbonyl (C=O) groups excluding carboxylic acids is 1. The van der Waals surface area contributed by atoms with Gasteiger partial charge in [0.2, 0.25) is 11.9 Å². The molecule has 27 heavy (non-hydrogen) atoms. The second-order valence-electron chi connectivity index (χ2n) is 6.40. The minimum atomic E-state index is -0.329. The van der Waals surface area contributed by atoms with Gasteiger partial charge in [-0.25, -0.2) is 4.98 Å². The molecule has 0 atom stereocenters. The molecule has 1 saturated heterocycles. The van der Waals surface area contributed by atoms with E-state index >= 15 is 0 Å². The Morgan fingerprint density at radius 1 is 1.22 bits per heavy atom. The standard InChI is InChI=1S/C17H23N7O3/c1-11-12(2)19-10-24(15(11)26)9-14(25)18-8-13-20-16(22-17(21-13)27-3)23-6-4-5-7-23/h10H,4-9H2,1-3H3,(H,18,25). The maximum absolute atomic E-state index is 12.2. The van der Waals surface area contributed by atoms with Gasteiger partial charge >= 0.3 is 6.01 Å². The first kappa shape index (κ1) is 18.7. The van der Waals surface area contributed by atoms with Crippen molar-refractivity contribution in [3.63, 3.8) is 0 Å². The summed E-state index contributed by atoms with van der Waals surface area (Å²) in [6, 6.07) is 0.214. The van der Waals surface area contributed by atoms with E-state index in [2.05, 4.69) is 30.2 Å². The highest BCUT2D eigenvalue weighted by Gasteiger charge is 2.18. The third-order valence-corrected chi connectivity index (χ3v) is 4.49. The molecular weight excluding hydrogens is 350 g/mol. The van der Waals surface area contributed by atoms with E-state index in [-0.39, 0.29) is 30.6 Å². The number of nitrogens with one attached hydrogen (secondary N) is 1. The molecule has 1 amide bonds. The Bertz CT molecular complexity index is 891. The minimum absolute atomic E-state index is 0.117. The maximum atomic E-state index is 12.2. The van der Waals surface area contributed by atoms with E-state index in [4.69, 9.17) is 4.74 Å². The van der Waals surface area contributed by atoms with Gasteiger partial charge in [0.1, 0.15) is 6.54 Å². The summed E-state index contributed by atoms with van der Waals surface area (Å²) >= 11 is 0. The van der Waals surface area contributed by atoms with Crippen molar-refractivity contribution in [2.24, 2.45) is 0 Å². The van der Waals surface area contributed by atoms with Crippen molar-refractivity contribution >= 4 is 11.9 Å². The van der Waals surface area contributed by atoms with Gasteiger partial charge in [-0.05, 0) is 26.7 Å². The van der Waals surface area contributed by atoms with Gasteiger partial charge in [0.05, 0.1) is 20.0 Å². The highest BCUT2D eigenvalue weighted by Crippen LogP contribution is 2.17. The van der Waals surface area contributed by atoms with Crippen LogP contribution >= 0.6 is 0 Å². The van der Waals surface area contributed by atoms with Gasteiger partial charge in [-0.2, -0.15) is 15.0 Å². The fraction of sp³-hybridized carbons (Fsp3) is 0.529. The molecule has 0 unspecified atom stereocenters. The first-order valence-electron chi connectivity index (χ1n) is 8.81. The van der Waals surface area contributed by atoms with Crippen molar-refractivity contribution in [3.8, 4) is 6.01 Å². The van der Waals surface area contributed by atoms with E-state index in [0.717, 1.165) is 25.9 Å². The molecule has 144 valence electrons. The molecule has 1 aliphatic heterocycles. The van der Waals surface area contributed by atoms with Crippen molar-refractivity contribution in [3.05, 3.63) is 33.8 Å². The largest absolute Gasteiger partial charge is 0.467 e. The summed E-state index contributed by atoms with van der Waals surface area (Å²) in [7, 11) is 1.49. The van der Waals surface area contributed by atoms with Crippen LogP contribution in [0.1, 0.15) is 29.9 Å². The van der Waals surface area contributed by atoms with Gasteiger partial charge in [-0.1, -0.05) is 0 Å². The Hall–Kier alpha value is -3.04. The summed E-state index contributed by atoms with van der Waals surface area (Å²) < 4.78 is 6.42. The Labute approximate surface area is 156 Å². The summed E-state index contributed by atoms with van der Waals surface area (Å²) in [6.07, 6.45) is 3.57. The third-order valence-electron chi connectivity index (χ3n) is 4.49. The van der Waals surface area contributed by atoms with E-state index in [1.54, 1.807) is 13.8 Å². The van der Waals surface area contributed by atoms with Crippen LogP contribution in [0.15, 0.2) is 11.1 Å². The molecule has 0 aromatic carbocycles. The molecule has 3 heterocycles. The van der Waals surface area contributed by atoms with Crippen molar-refractivity contribution in [2.45, 2.75) is 39.8 Å². The molecule has 0 bridgehead atoms. The first-order chi connectivity index (χ1) is 13.0. The average molecular weight is 373 g/mol. The lowest BCUT2D eigenvalue weighted by Crippen LogP contribution is -2.33. The topological polar surface area (TPSA) is 115 Å². The smallest absolute Gasteiger partial charge is 0.321 e. The summed E-state index contributed by atoms with van der Waals surface area (Å²) in [4.78, 5) is 43.4. The van der Waals surface area contributed by atoms with E-state index in [9.17, 15) is 9.59 Å². The summed E-state index contributed by atoms with van der Waals surface area (Å²) in [5.41, 5.74) is 0.960. The number of aromatic nitrogens is 5. The van der Waals surface area contributed by atoms with Gasteiger partial charge in [0, 0.05) is 24.3 Å². The summed E-state index contributed by atoms with van der Waals surface area (Å²) in [5, 5.41) is 2.72. The molecule has 0 radical (unpaired) electrons. The zero-order chi connectivity index (χ0) is 19.4. The van der Waals surface area contributed by atoms with Crippen LogP contribution in [0.2, 0.25) is 0 Å². The molecule has 0 aliphatic carbocycles. The van der Waals surface area contributed by atoms with Crippen LogP contribution in [0.25, 0.3) is 0 Å². The molecule has 2 aromatic rings. The van der Waals surface area contributed by atoms with Crippen LogP contribution in [0.5, 0.6) is 6.01 Å². The fourth-order valence-corrected chi connectivity index (χ4v) is 2.79. The normalized spacial score (nSPS) is 13.7. The molecule has 1 aliphatic rings. The first-order valence-corrected chi connectivity index (χ1v) is 8.81. The van der Waals surface area contributed by atoms with Crippen LogP contribution in [-0.4, -0.2) is 50.6 Å². The summed E-state index contributed by atoms with van der Waals surface area (Å²) in [5.74, 6) is 0.630. The lowest BCUT2D eigenvalue weighted by atomic mass is 10.3. The van der Waals surface area contributed by atoms with Gasteiger partial charge in [0.25, 0.3) is 5.56 Å². The van der Waals surface area contributed by atoms with Crippen LogP contribution in [0.4, 0.5) is 5.95 Å². The van der Waals surface area contributed by atoms with Crippen LogP contribution in [0.3, 0.4) is 0 Å². The van der Waals surface area contributed by atoms with Crippen LogP contribution in [0, 0.1) is 13.8 Å². The van der Waals surface area contributed by atoms with Crippen molar-refractivity contribution in [1.82, 2.24) is 29.8 Å². The van der Waals surface area contributed by atoms with Gasteiger partial charge in [-0.15, -0.1) is 0 Å². The summed E-state index contributed by atoms with van der Waals surface area (Å²) in [6.45, 7) is 5.23. The SMILES string of the molecule is COc1nc(CNC(=O)Cn2cnc(C)c(C)c2=O)nc(N2CCCC2)n1. The molecule has 10 heteroatoms. The number of methoxy groups -OCH3 is 1. The number of rotatable bonds is 6. The lowest BCUT2D eigenvalue weighted by molar-refractivity contribution is -0.121. The molecular formula is C17H23N7O3. The lowest BCUT2D eigenvalue weighted by Gasteiger charge is -2.16. The minimum Gasteiger partial charge on any atom is -0.467 e. The van der Waals surface area contributed by atoms with Gasteiger partial charge in [0.15, 0.2) is 5.82 Å². The highest BCUT2D eigenvalue weighted by atomic mass is 16.5. The zero-order valence-corrected chi connectivity index (χ0v) is 15.7. The molecule has 2 aromatic heterocycles. The van der Waals surface area contributed by atoms with E-state index < -0.39 is 0 Å². The number of ether oxygens (including phenoxy) is 1. The molecule has 1 fully saturated rings. The Morgan fingerprint density at radius 3 is 2.67 bits per heavy atom. The predicted molar refractivity (Wildman–Crippen MR) is 97.6 cm³/mol. The average Bonchev–Trinajstić information content (AvgIpc) is 3.21. The van der Waals surface area contributed by atoms with Gasteiger partial charge < -0.3 is 15.0 Å². The van der Waals surface area contributed by atoms with E-state index in [0.29, 0.717) is 23.0 Å². The highest BCUT2D eigenvalue weighted by molar-refractivity contribution is 5.75. The fourth-order valence-electron chi connectivity index (χ4n) is 2.79. The maximum Gasteiger partial charge on any atom is 0.321 e. The Kier molecular flexibility index (Phi) is 5.63. The monoisotopic (exact) mass is 373 g/mol. The van der Waals surface area contributed by atoms with Crippen LogP contribution < -0.4 is 20.5 Å². The number of hydrogen-bond donors (Lipinski definition) is 1. The molecule has 0 saturated carbocycles. The quantitative estimate of drug-likeness (QED) is 0.751. The number of aryl methyl sites for hydroxylation is 1. The third kappa shape index (κ3) is 4.39. The predicted octanol–water partition coefficient (Wildman–Crippen LogP) is -0.0297. The second kappa shape index (κ2) is 8.11. The van der Waals surface area contributed by atoms with Crippen molar-refractivity contribution in [1.29, 1.82) is 0 Å². The Morgan fingerprint density at radius 2 is 1.96 bits per heavy atom. The van der Waals surface area contributed by atoms with E-state index in [1.165, 1.54) is 18.0 Å². The molecule has 0 spiro atoms. The Balaban J connectivity index is 1.67. The van der Waals surface area contributed by atoms with Crippen molar-refractivity contribution < 1.29 is 9.53 Å².